The van der Waals surface area contributed by atoms with E-state index in [0.717, 1.165) is 0 Å². The van der Waals surface area contributed by atoms with Gasteiger partial charge in [0.05, 0.1) is 24.1 Å². The summed E-state index contributed by atoms with van der Waals surface area (Å²) in [5, 5.41) is 10.1. The van der Waals surface area contributed by atoms with Crippen molar-refractivity contribution in [2.45, 2.75) is 12.5 Å². The van der Waals surface area contributed by atoms with Crippen LogP contribution in [-0.4, -0.2) is 40.8 Å². The minimum atomic E-state index is -1.08. The molecule has 1 aromatic heterocycles. The number of pyridine rings is 1. The van der Waals surface area contributed by atoms with Gasteiger partial charge in [-0.2, -0.15) is 4.98 Å². The predicted molar refractivity (Wildman–Crippen MR) is 76.1 cm³/mol. The number of rotatable bonds is 3. The fourth-order valence-electron chi connectivity index (χ4n) is 1.40. The van der Waals surface area contributed by atoms with Gasteiger partial charge < -0.3 is 31.6 Å². The van der Waals surface area contributed by atoms with Gasteiger partial charge in [-0.3, -0.25) is 11.7 Å². The molecule has 1 saturated heterocycles. The second kappa shape index (κ2) is 9.20. The Kier molecular flexibility index (Phi) is 8.77. The number of carboxylic acids is 1. The molecule has 7 nitrogen and oxygen atoms in total. The maximum Gasteiger partial charge on any atom is 0.215 e. The summed E-state index contributed by atoms with van der Waals surface area (Å²) in [6.45, 7) is 8.72. The monoisotopic (exact) mass is 403 g/mol. The molecular weight excluding hydrogens is 389 g/mol. The number of nitrogens with zero attached hydrogens (tertiary/aromatic N) is 1. The minimum absolute atomic E-state index is 0. The van der Waals surface area contributed by atoms with E-state index in [2.05, 4.69) is 24.1 Å². The van der Waals surface area contributed by atoms with E-state index >= 15 is 0 Å². The van der Waals surface area contributed by atoms with E-state index in [0.29, 0.717) is 24.1 Å². The third-order valence-corrected chi connectivity index (χ3v) is 2.55. The molecule has 1 aromatic rings. The number of nitrogens with one attached hydrogen (secondary N) is 1. The van der Waals surface area contributed by atoms with Crippen molar-refractivity contribution in [3.05, 3.63) is 31.0 Å². The Bertz CT molecular complexity index is 533. The fourth-order valence-corrected chi connectivity index (χ4v) is 1.55. The van der Waals surface area contributed by atoms with Crippen molar-refractivity contribution < 1.29 is 56.9 Å². The molecule has 9 heteroatoms. The van der Waals surface area contributed by atoms with E-state index in [1.807, 2.05) is 6.92 Å². The number of aliphatic carboxylic acids is 1. The number of carbonyl (C=O) groups excluding carboxylic acids is 1. The van der Waals surface area contributed by atoms with E-state index in [4.69, 9.17) is 31.0 Å². The van der Waals surface area contributed by atoms with Crippen molar-refractivity contribution in [2.24, 2.45) is 0 Å². The van der Waals surface area contributed by atoms with Gasteiger partial charge in [-0.05, 0) is 13.0 Å². The first-order chi connectivity index (χ1) is 9.72. The summed E-state index contributed by atoms with van der Waals surface area (Å²) in [6, 6.07) is 3.25. The third kappa shape index (κ3) is 7.31. The van der Waals surface area contributed by atoms with Crippen molar-refractivity contribution in [3.8, 4) is 5.88 Å². The first-order valence-electron chi connectivity index (χ1n) is 5.83. The number of halogens is 1. The standard InChI is InChI=1S/C11H12ClN2O3.C2H3O2.Y/c1-7(15)13-10-8(12)3-4-9(14-10)17-11(2)5-16-6-11;1-2(3)4;/h3-4H,1,5-6H2,2H3,(H,13,14,15);1H2,(H,3,4);/q2*-1;. The smallest absolute Gasteiger partial charge is 0.215 e. The molecule has 2 N–H and O–H groups in total. The summed E-state index contributed by atoms with van der Waals surface area (Å²) in [6.07, 6.45) is 0. The fraction of sp³-hybridized carbons (Fsp3) is 0.308. The molecule has 119 valence electrons. The Morgan fingerprint density at radius 2 is 2.00 bits per heavy atom. The number of hydrogen-bond donors (Lipinski definition) is 2. The number of ether oxygens (including phenoxy) is 2. The van der Waals surface area contributed by atoms with Crippen LogP contribution in [0.1, 0.15) is 6.92 Å². The molecule has 1 aliphatic rings. The van der Waals surface area contributed by atoms with Gasteiger partial charge in [0.15, 0.2) is 17.4 Å². The molecule has 0 aliphatic carbocycles. The minimum Gasteiger partial charge on any atom is -0.503 e. The normalized spacial score (nSPS) is 14.3. The molecule has 0 unspecified atom stereocenters. The maximum atomic E-state index is 10.8. The van der Waals surface area contributed by atoms with Crippen molar-refractivity contribution in [1.82, 2.24) is 4.98 Å². The number of carboxylic acid groups (broad SMARTS) is 1. The van der Waals surface area contributed by atoms with Crippen molar-refractivity contribution in [3.63, 3.8) is 0 Å². The number of anilines is 1. The molecule has 0 bridgehead atoms. The van der Waals surface area contributed by atoms with Gasteiger partial charge in [0.1, 0.15) is 0 Å². The van der Waals surface area contributed by atoms with Crippen molar-refractivity contribution >= 4 is 29.3 Å². The Balaban J connectivity index is 0.000000791. The van der Waals surface area contributed by atoms with Crippen LogP contribution in [0, 0.1) is 13.8 Å². The topological polar surface area (TPSA) is 97.8 Å². The largest absolute Gasteiger partial charge is 0.503 e. The number of amides is 1. The molecule has 2 rings (SSSR count). The summed E-state index contributed by atoms with van der Waals surface area (Å²) in [4.78, 5) is 23.8. The molecule has 0 saturated carbocycles. The van der Waals surface area contributed by atoms with Gasteiger partial charge in [-0.15, -0.1) is 0 Å². The second-order valence-corrected chi connectivity index (χ2v) is 4.87. The molecular formula is C13H15ClN2O5Y-2. The number of carbonyl (C=O) groups is 2. The Hall–Kier alpha value is -1.02. The molecule has 0 spiro atoms. The third-order valence-electron chi connectivity index (χ3n) is 2.24. The van der Waals surface area contributed by atoms with Crippen LogP contribution in [0.4, 0.5) is 5.82 Å². The van der Waals surface area contributed by atoms with E-state index in [9.17, 15) is 4.79 Å². The summed E-state index contributed by atoms with van der Waals surface area (Å²) < 4.78 is 10.7. The van der Waals surface area contributed by atoms with Gasteiger partial charge >= 0.3 is 0 Å². The van der Waals surface area contributed by atoms with Crippen LogP contribution in [-0.2, 0) is 47.0 Å². The van der Waals surface area contributed by atoms with E-state index < -0.39 is 11.9 Å². The maximum absolute atomic E-state index is 10.8. The van der Waals surface area contributed by atoms with Crippen LogP contribution >= 0.6 is 11.6 Å². The first-order valence-corrected chi connectivity index (χ1v) is 6.21. The number of hydrogen-bond acceptors (Lipinski definition) is 5. The van der Waals surface area contributed by atoms with Crippen LogP contribution in [0.15, 0.2) is 12.1 Å². The van der Waals surface area contributed by atoms with Gasteiger partial charge in [0.25, 0.3) is 0 Å². The quantitative estimate of drug-likeness (QED) is 0.744. The van der Waals surface area contributed by atoms with Crippen LogP contribution in [0.2, 0.25) is 5.02 Å². The molecule has 2 heterocycles. The van der Waals surface area contributed by atoms with Crippen LogP contribution in [0.5, 0.6) is 5.88 Å². The molecule has 1 radical (unpaired) electrons. The van der Waals surface area contributed by atoms with Crippen LogP contribution in [0.3, 0.4) is 0 Å². The van der Waals surface area contributed by atoms with Crippen molar-refractivity contribution in [1.29, 1.82) is 0 Å². The Labute approximate surface area is 158 Å². The zero-order valence-corrected chi connectivity index (χ0v) is 15.6. The van der Waals surface area contributed by atoms with Crippen molar-refractivity contribution in [2.75, 3.05) is 18.5 Å². The van der Waals surface area contributed by atoms with Gasteiger partial charge in [0, 0.05) is 38.8 Å². The van der Waals surface area contributed by atoms with E-state index in [1.165, 1.54) is 0 Å². The average molecular weight is 404 g/mol. The van der Waals surface area contributed by atoms with Crippen LogP contribution in [0.25, 0.3) is 0 Å². The first kappa shape index (κ1) is 21.0. The molecule has 1 amide bonds. The van der Waals surface area contributed by atoms with Gasteiger partial charge in [-0.1, -0.05) is 11.6 Å². The summed E-state index contributed by atoms with van der Waals surface area (Å²) in [7, 11) is 0. The summed E-state index contributed by atoms with van der Waals surface area (Å²) >= 11 is 5.87. The van der Waals surface area contributed by atoms with Crippen LogP contribution < -0.4 is 10.1 Å². The zero-order chi connectivity index (χ0) is 16.0. The summed E-state index contributed by atoms with van der Waals surface area (Å²) in [5.74, 6) is -0.924. The average Bonchev–Trinajstić information content (AvgIpc) is 2.30. The second-order valence-electron chi connectivity index (χ2n) is 4.47. The predicted octanol–water partition coefficient (Wildman–Crippen LogP) is 1.58. The van der Waals surface area contributed by atoms with E-state index in [-0.39, 0.29) is 44.1 Å². The molecule has 22 heavy (non-hydrogen) atoms. The SMILES string of the molecule is [CH2-]C(=O)Nc1nc(OC2(C)COC2)ccc1Cl.[CH2-]C(=O)O.[Y]. The van der Waals surface area contributed by atoms with Gasteiger partial charge in [-0.25, -0.2) is 0 Å². The summed E-state index contributed by atoms with van der Waals surface area (Å²) in [5.41, 5.74) is -0.355. The Morgan fingerprint density at radius 1 is 1.45 bits per heavy atom. The zero-order valence-electron chi connectivity index (χ0n) is 12.0. The number of aromatic nitrogens is 1. The van der Waals surface area contributed by atoms with Gasteiger partial charge in [0.2, 0.25) is 5.88 Å². The molecule has 1 aliphatic heterocycles. The molecule has 1 fully saturated rings. The van der Waals surface area contributed by atoms with E-state index in [1.54, 1.807) is 12.1 Å². The molecule has 0 aromatic carbocycles. The molecule has 0 atom stereocenters. The Morgan fingerprint density at radius 3 is 2.41 bits per heavy atom.